The number of likely N-dealkylation sites (tertiary alicyclic amines) is 1. The quantitative estimate of drug-likeness (QED) is 0.488. The lowest BCUT2D eigenvalue weighted by Gasteiger charge is -2.22. The maximum Gasteiger partial charge on any atom is 0.396 e. The van der Waals surface area contributed by atoms with E-state index in [-0.39, 0.29) is 11.5 Å². The van der Waals surface area contributed by atoms with Gasteiger partial charge in [-0.3, -0.25) is 9.59 Å². The van der Waals surface area contributed by atoms with Crippen molar-refractivity contribution in [2.45, 2.75) is 44.6 Å². The topological polar surface area (TPSA) is 83.9 Å². The molecule has 0 aliphatic carbocycles. The third kappa shape index (κ3) is 4.57. The summed E-state index contributed by atoms with van der Waals surface area (Å²) in [5.74, 6) is -1.39. The van der Waals surface area contributed by atoms with Gasteiger partial charge in [-0.15, -0.1) is 0 Å². The van der Waals surface area contributed by atoms with Gasteiger partial charge >= 0.3 is 11.9 Å². The molecule has 1 N–H and O–H groups in total. The minimum atomic E-state index is -0.915. The van der Waals surface area contributed by atoms with E-state index in [0.717, 1.165) is 38.4 Å². The number of hydrogen-bond acceptors (Lipinski definition) is 5. The number of benzene rings is 1. The first-order valence-electron chi connectivity index (χ1n) is 8.22. The highest BCUT2D eigenvalue weighted by Crippen LogP contribution is 2.21. The molecule has 1 amide bonds. The molecule has 1 aliphatic heterocycles. The average molecular weight is 333 g/mol. The highest BCUT2D eigenvalue weighted by Gasteiger charge is 2.36. The minimum Gasteiger partial charge on any atom is -0.508 e. The van der Waals surface area contributed by atoms with Gasteiger partial charge in [0.25, 0.3) is 0 Å². The molecule has 0 unspecified atom stereocenters. The molecule has 0 saturated carbocycles. The van der Waals surface area contributed by atoms with Crippen LogP contribution in [0.25, 0.3) is 0 Å². The van der Waals surface area contributed by atoms with Crippen LogP contribution in [0.15, 0.2) is 24.3 Å². The zero-order chi connectivity index (χ0) is 17.5. The second-order valence-corrected chi connectivity index (χ2v) is 5.99. The zero-order valence-electron chi connectivity index (χ0n) is 13.9. The Morgan fingerprint density at radius 3 is 2.58 bits per heavy atom. The number of carbonyl (C=O) groups is 3. The van der Waals surface area contributed by atoms with Crippen molar-refractivity contribution in [2.24, 2.45) is 0 Å². The Morgan fingerprint density at radius 1 is 1.21 bits per heavy atom. The Morgan fingerprint density at radius 2 is 1.92 bits per heavy atom. The molecule has 0 radical (unpaired) electrons. The molecule has 0 spiro atoms. The molecule has 6 nitrogen and oxygen atoms in total. The molecule has 0 bridgehead atoms. The van der Waals surface area contributed by atoms with Crippen LogP contribution in [0.4, 0.5) is 0 Å². The number of aromatic hydroxyl groups is 1. The van der Waals surface area contributed by atoms with Crippen LogP contribution in [0.1, 0.15) is 37.7 Å². The standard InChI is InChI=1S/C18H23NO5/c1-24-18(23)17(22)19-12-4-6-15(19)16(21)7-3-2-5-13-8-10-14(20)11-9-13/h8-11,15,20H,2-7,12H2,1H3/t15-/m0/s1. The number of ketones is 1. The summed E-state index contributed by atoms with van der Waals surface area (Å²) in [6.45, 7) is 0.428. The van der Waals surface area contributed by atoms with Crippen LogP contribution in [-0.4, -0.2) is 47.4 Å². The van der Waals surface area contributed by atoms with Crippen LogP contribution in [0.5, 0.6) is 5.75 Å². The predicted octanol–water partition coefficient (Wildman–Crippen LogP) is 1.84. The second-order valence-electron chi connectivity index (χ2n) is 5.99. The van der Waals surface area contributed by atoms with Crippen LogP contribution in [-0.2, 0) is 25.5 Å². The van der Waals surface area contributed by atoms with Crippen molar-refractivity contribution in [3.05, 3.63) is 29.8 Å². The molecular weight excluding hydrogens is 310 g/mol. The first-order valence-corrected chi connectivity index (χ1v) is 8.22. The molecule has 1 aliphatic rings. The fraction of sp³-hybridized carbons (Fsp3) is 0.500. The molecule has 2 rings (SSSR count). The van der Waals surface area contributed by atoms with Gasteiger partial charge in [0.05, 0.1) is 13.2 Å². The summed E-state index contributed by atoms with van der Waals surface area (Å²) in [7, 11) is 1.16. The van der Waals surface area contributed by atoms with Gasteiger partial charge in [0, 0.05) is 13.0 Å². The summed E-state index contributed by atoms with van der Waals surface area (Å²) < 4.78 is 4.45. The number of unbranched alkanes of at least 4 members (excludes halogenated alkanes) is 1. The molecular formula is C18H23NO5. The molecule has 0 aromatic heterocycles. The summed E-state index contributed by atoms with van der Waals surface area (Å²) in [6.07, 6.45) is 4.16. The van der Waals surface area contributed by atoms with Gasteiger partial charge < -0.3 is 14.7 Å². The van der Waals surface area contributed by atoms with Crippen molar-refractivity contribution >= 4 is 17.7 Å². The van der Waals surface area contributed by atoms with Crippen molar-refractivity contribution in [1.29, 1.82) is 0 Å². The van der Waals surface area contributed by atoms with E-state index < -0.39 is 17.9 Å². The van der Waals surface area contributed by atoms with Crippen LogP contribution >= 0.6 is 0 Å². The van der Waals surface area contributed by atoms with Crippen LogP contribution < -0.4 is 0 Å². The number of nitrogens with zero attached hydrogens (tertiary/aromatic N) is 1. The Hall–Kier alpha value is -2.37. The molecule has 1 aromatic rings. The van der Waals surface area contributed by atoms with Crippen molar-refractivity contribution in [3.8, 4) is 5.75 Å². The number of carbonyl (C=O) groups excluding carboxylic acids is 3. The maximum atomic E-state index is 12.3. The molecule has 1 fully saturated rings. The van der Waals surface area contributed by atoms with Crippen molar-refractivity contribution in [3.63, 3.8) is 0 Å². The van der Waals surface area contributed by atoms with E-state index in [4.69, 9.17) is 0 Å². The van der Waals surface area contributed by atoms with Crippen LogP contribution in [0, 0.1) is 0 Å². The molecule has 1 saturated heterocycles. The summed E-state index contributed by atoms with van der Waals surface area (Å²) >= 11 is 0. The smallest absolute Gasteiger partial charge is 0.396 e. The highest BCUT2D eigenvalue weighted by molar-refractivity contribution is 6.32. The van der Waals surface area contributed by atoms with Gasteiger partial charge in [0.1, 0.15) is 5.75 Å². The Labute approximate surface area is 141 Å². The summed E-state index contributed by atoms with van der Waals surface area (Å²) in [5.41, 5.74) is 1.11. The number of amides is 1. The monoisotopic (exact) mass is 333 g/mol. The van der Waals surface area contributed by atoms with Gasteiger partial charge in [-0.1, -0.05) is 12.1 Å². The van der Waals surface area contributed by atoms with E-state index in [9.17, 15) is 19.5 Å². The fourth-order valence-electron chi connectivity index (χ4n) is 3.01. The first-order chi connectivity index (χ1) is 11.5. The number of esters is 1. The molecule has 1 atom stereocenters. The number of rotatable bonds is 6. The highest BCUT2D eigenvalue weighted by atomic mass is 16.5. The number of ether oxygens (including phenoxy) is 1. The summed E-state index contributed by atoms with van der Waals surface area (Å²) in [6, 6.07) is 6.53. The second kappa shape index (κ2) is 8.47. The third-order valence-corrected chi connectivity index (χ3v) is 4.32. The van der Waals surface area contributed by atoms with Crippen molar-refractivity contribution in [1.82, 2.24) is 4.90 Å². The Kier molecular flexibility index (Phi) is 6.35. The SMILES string of the molecule is COC(=O)C(=O)N1CCC[C@H]1C(=O)CCCCc1ccc(O)cc1. The lowest BCUT2D eigenvalue weighted by atomic mass is 10.0. The third-order valence-electron chi connectivity index (χ3n) is 4.32. The summed E-state index contributed by atoms with van der Waals surface area (Å²) in [4.78, 5) is 37.0. The van der Waals surface area contributed by atoms with Gasteiger partial charge in [-0.25, -0.2) is 4.79 Å². The minimum absolute atomic E-state index is 0.00968. The number of methoxy groups -OCH3 is 1. The van der Waals surface area contributed by atoms with Gasteiger partial charge in [0.15, 0.2) is 5.78 Å². The fourth-order valence-corrected chi connectivity index (χ4v) is 3.01. The normalized spacial score (nSPS) is 16.9. The van der Waals surface area contributed by atoms with Gasteiger partial charge in [-0.05, 0) is 49.8 Å². The Bertz CT molecular complexity index is 596. The van der Waals surface area contributed by atoms with E-state index in [1.54, 1.807) is 12.1 Å². The van der Waals surface area contributed by atoms with Crippen LogP contribution in [0.2, 0.25) is 0 Å². The van der Waals surface area contributed by atoms with Crippen molar-refractivity contribution < 1.29 is 24.2 Å². The number of hydrogen-bond donors (Lipinski definition) is 1. The molecule has 24 heavy (non-hydrogen) atoms. The van der Waals surface area contributed by atoms with Crippen molar-refractivity contribution in [2.75, 3.05) is 13.7 Å². The number of phenols is 1. The molecule has 1 aromatic carbocycles. The number of phenolic OH excluding ortho intramolecular Hbond substituents is 1. The van der Waals surface area contributed by atoms with Gasteiger partial charge in [0.2, 0.25) is 0 Å². The number of aryl methyl sites for hydroxylation is 1. The Balaban J connectivity index is 1.78. The number of Topliss-reactive ketones (excluding diaryl/α,β-unsaturated/α-hetero) is 1. The van der Waals surface area contributed by atoms with E-state index in [1.807, 2.05) is 12.1 Å². The molecule has 1 heterocycles. The average Bonchev–Trinajstić information content (AvgIpc) is 3.08. The maximum absolute atomic E-state index is 12.3. The predicted molar refractivity (Wildman–Crippen MR) is 87.4 cm³/mol. The van der Waals surface area contributed by atoms with Crippen LogP contribution in [0.3, 0.4) is 0 Å². The molecule has 130 valence electrons. The molecule has 6 heteroatoms. The van der Waals surface area contributed by atoms with E-state index in [1.165, 1.54) is 4.90 Å². The lowest BCUT2D eigenvalue weighted by molar-refractivity contribution is -0.159. The van der Waals surface area contributed by atoms with E-state index in [0.29, 0.717) is 19.4 Å². The zero-order valence-corrected chi connectivity index (χ0v) is 13.9. The van der Waals surface area contributed by atoms with E-state index in [2.05, 4.69) is 4.74 Å². The largest absolute Gasteiger partial charge is 0.508 e. The first kappa shape index (κ1) is 18.0. The summed E-state index contributed by atoms with van der Waals surface area (Å²) in [5, 5.41) is 9.24. The lowest BCUT2D eigenvalue weighted by Crippen LogP contribution is -2.44. The van der Waals surface area contributed by atoms with Gasteiger partial charge in [-0.2, -0.15) is 0 Å². The van der Waals surface area contributed by atoms with E-state index >= 15 is 0 Å².